The number of rotatable bonds is 8. The molecule has 0 unspecified atom stereocenters. The molecule has 6 heteroatoms. The average molecular weight is 385 g/mol. The van der Waals surface area contributed by atoms with Gasteiger partial charge in [-0.3, -0.25) is 9.69 Å². The quantitative estimate of drug-likeness (QED) is 0.723. The maximum absolute atomic E-state index is 13.9. The minimum Gasteiger partial charge on any atom is -0.480 e. The van der Waals surface area contributed by atoms with Crippen LogP contribution in [0.5, 0.6) is 0 Å². The molecule has 2 N–H and O–H groups in total. The van der Waals surface area contributed by atoms with Gasteiger partial charge in [-0.2, -0.15) is 0 Å². The number of halogens is 2. The van der Waals surface area contributed by atoms with E-state index in [9.17, 15) is 9.18 Å². The second-order valence-electron chi connectivity index (χ2n) is 6.68. The number of hydrogen-bond acceptors (Lipinski definition) is 3. The van der Waals surface area contributed by atoms with Gasteiger partial charge in [0.2, 0.25) is 0 Å². The Labute approximate surface area is 144 Å². The van der Waals surface area contributed by atoms with Gasteiger partial charge < -0.3 is 10.4 Å². The molecule has 0 atom stereocenters. The summed E-state index contributed by atoms with van der Waals surface area (Å²) in [4.78, 5) is 13.1. The largest absolute Gasteiger partial charge is 0.480 e. The van der Waals surface area contributed by atoms with E-state index in [-0.39, 0.29) is 12.4 Å². The molecule has 0 amide bonds. The molecule has 1 aromatic rings. The van der Waals surface area contributed by atoms with Crippen molar-refractivity contribution in [2.75, 3.05) is 13.1 Å². The van der Waals surface area contributed by atoms with Crippen molar-refractivity contribution in [3.8, 4) is 0 Å². The summed E-state index contributed by atoms with van der Waals surface area (Å²) in [6.45, 7) is 1.54. The minimum absolute atomic E-state index is 0.133. The van der Waals surface area contributed by atoms with E-state index in [1.54, 1.807) is 12.1 Å². The van der Waals surface area contributed by atoms with E-state index >= 15 is 0 Å². The van der Waals surface area contributed by atoms with Crippen molar-refractivity contribution in [3.05, 3.63) is 34.1 Å². The van der Waals surface area contributed by atoms with Crippen LogP contribution in [0.1, 0.15) is 31.2 Å². The highest BCUT2D eigenvalue weighted by molar-refractivity contribution is 9.10. The molecule has 2 aliphatic carbocycles. The van der Waals surface area contributed by atoms with Crippen molar-refractivity contribution in [2.24, 2.45) is 5.92 Å². The molecule has 0 aromatic heterocycles. The van der Waals surface area contributed by atoms with Gasteiger partial charge in [-0.05, 0) is 53.6 Å². The monoisotopic (exact) mass is 384 g/mol. The normalized spacial score (nSPS) is 23.8. The molecule has 0 aliphatic heterocycles. The summed E-state index contributed by atoms with van der Waals surface area (Å²) in [6.07, 6.45) is 4.34. The Morgan fingerprint density at radius 2 is 2.13 bits per heavy atom. The first-order chi connectivity index (χ1) is 11.0. The Kier molecular flexibility index (Phi) is 5.34. The summed E-state index contributed by atoms with van der Waals surface area (Å²) in [5, 5.41) is 12.4. The Balaban J connectivity index is 1.46. The number of hydrogen-bond donors (Lipinski definition) is 2. The Morgan fingerprint density at radius 3 is 2.78 bits per heavy atom. The highest BCUT2D eigenvalue weighted by atomic mass is 79.9. The van der Waals surface area contributed by atoms with Gasteiger partial charge in [0.05, 0.1) is 11.0 Å². The second-order valence-corrected chi connectivity index (χ2v) is 7.54. The number of nitrogens with one attached hydrogen (secondary N) is 1. The predicted molar refractivity (Wildman–Crippen MR) is 89.7 cm³/mol. The third-order valence-corrected chi connectivity index (χ3v) is 5.38. The molecule has 2 saturated carbocycles. The number of carboxylic acid groups (broad SMARTS) is 1. The molecule has 2 fully saturated rings. The highest BCUT2D eigenvalue weighted by Crippen LogP contribution is 2.34. The number of benzene rings is 1. The molecule has 4 nitrogen and oxygen atoms in total. The van der Waals surface area contributed by atoms with Crippen LogP contribution < -0.4 is 5.32 Å². The molecule has 126 valence electrons. The molecule has 3 rings (SSSR count). The highest BCUT2D eigenvalue weighted by Gasteiger charge is 2.36. The van der Waals surface area contributed by atoms with Crippen molar-refractivity contribution in [1.82, 2.24) is 10.2 Å². The Hall–Kier alpha value is -0.980. The lowest BCUT2D eigenvalue weighted by atomic mass is 9.85. The lowest BCUT2D eigenvalue weighted by molar-refractivity contribution is -0.139. The summed E-state index contributed by atoms with van der Waals surface area (Å²) >= 11 is 3.20. The topological polar surface area (TPSA) is 52.6 Å². The number of nitrogens with zero attached hydrogens (tertiary/aromatic N) is 1. The van der Waals surface area contributed by atoms with E-state index in [1.165, 1.54) is 12.8 Å². The Bertz CT molecular complexity index is 574. The molecule has 0 heterocycles. The van der Waals surface area contributed by atoms with E-state index in [2.05, 4.69) is 26.1 Å². The van der Waals surface area contributed by atoms with E-state index in [0.717, 1.165) is 19.4 Å². The zero-order valence-electron chi connectivity index (χ0n) is 13.0. The first-order valence-electron chi connectivity index (χ1n) is 8.15. The van der Waals surface area contributed by atoms with Gasteiger partial charge in [0.15, 0.2) is 0 Å². The van der Waals surface area contributed by atoms with Crippen molar-refractivity contribution >= 4 is 21.9 Å². The fourth-order valence-electron chi connectivity index (χ4n) is 3.14. The summed E-state index contributed by atoms with van der Waals surface area (Å²) in [5.74, 6) is -0.271. The van der Waals surface area contributed by atoms with Gasteiger partial charge in [-0.15, -0.1) is 0 Å². The van der Waals surface area contributed by atoms with Gasteiger partial charge in [-0.25, -0.2) is 4.39 Å². The summed E-state index contributed by atoms with van der Waals surface area (Å²) < 4.78 is 14.4. The number of carboxylic acids is 1. The number of aliphatic carboxylic acids is 1. The fraction of sp³-hybridized carbons (Fsp3) is 0.588. The van der Waals surface area contributed by atoms with Crippen LogP contribution in [0.2, 0.25) is 0 Å². The SMILES string of the molecule is O=C(O)CN(CC1CC1)C1CC(NCc2cccc(Br)c2F)C1. The minimum atomic E-state index is -0.752. The summed E-state index contributed by atoms with van der Waals surface area (Å²) in [5.41, 5.74) is 0.656. The molecule has 23 heavy (non-hydrogen) atoms. The van der Waals surface area contributed by atoms with Gasteiger partial charge in [0, 0.05) is 30.7 Å². The molecule has 0 saturated heterocycles. The molecule has 0 radical (unpaired) electrons. The maximum Gasteiger partial charge on any atom is 0.317 e. The molecule has 0 bridgehead atoms. The fourth-order valence-corrected chi connectivity index (χ4v) is 3.55. The van der Waals surface area contributed by atoms with Gasteiger partial charge >= 0.3 is 5.97 Å². The van der Waals surface area contributed by atoms with Gasteiger partial charge in [-0.1, -0.05) is 12.1 Å². The second kappa shape index (κ2) is 7.28. The van der Waals surface area contributed by atoms with Crippen LogP contribution in [-0.2, 0) is 11.3 Å². The molecular weight excluding hydrogens is 363 g/mol. The Morgan fingerprint density at radius 1 is 1.39 bits per heavy atom. The van der Waals surface area contributed by atoms with E-state index < -0.39 is 5.97 Å². The molecule has 0 spiro atoms. The van der Waals surface area contributed by atoms with E-state index in [4.69, 9.17) is 5.11 Å². The van der Waals surface area contributed by atoms with Crippen molar-refractivity contribution < 1.29 is 14.3 Å². The van der Waals surface area contributed by atoms with E-state index in [0.29, 0.717) is 34.6 Å². The first-order valence-corrected chi connectivity index (χ1v) is 8.94. The summed E-state index contributed by atoms with van der Waals surface area (Å²) in [6, 6.07) is 6.00. The molecule has 2 aliphatic rings. The van der Waals surface area contributed by atoms with Crippen LogP contribution in [0.15, 0.2) is 22.7 Å². The smallest absolute Gasteiger partial charge is 0.317 e. The third-order valence-electron chi connectivity index (χ3n) is 4.77. The van der Waals surface area contributed by atoms with Crippen molar-refractivity contribution in [3.63, 3.8) is 0 Å². The summed E-state index contributed by atoms with van der Waals surface area (Å²) in [7, 11) is 0. The van der Waals surface area contributed by atoms with Crippen LogP contribution in [0.4, 0.5) is 4.39 Å². The average Bonchev–Trinajstić information content (AvgIpc) is 3.24. The standard InChI is InChI=1S/C17H22BrFN2O2/c18-15-3-1-2-12(17(15)19)8-20-13-6-14(7-13)21(10-16(22)23)9-11-4-5-11/h1-3,11,13-14,20H,4-10H2,(H,22,23). The maximum atomic E-state index is 13.9. The first kappa shape index (κ1) is 16.9. The zero-order chi connectivity index (χ0) is 16.4. The van der Waals surface area contributed by atoms with E-state index in [1.807, 2.05) is 6.07 Å². The zero-order valence-corrected chi connectivity index (χ0v) is 14.6. The van der Waals surface area contributed by atoms with Crippen LogP contribution in [0, 0.1) is 11.7 Å². The molecular formula is C17H22BrFN2O2. The van der Waals surface area contributed by atoms with Crippen LogP contribution in [0.3, 0.4) is 0 Å². The lowest BCUT2D eigenvalue weighted by Crippen LogP contribution is -2.54. The van der Waals surface area contributed by atoms with Crippen molar-refractivity contribution in [2.45, 2.75) is 44.3 Å². The molecule has 1 aromatic carbocycles. The van der Waals surface area contributed by atoms with Crippen LogP contribution in [0.25, 0.3) is 0 Å². The van der Waals surface area contributed by atoms with Crippen LogP contribution >= 0.6 is 15.9 Å². The lowest BCUT2D eigenvalue weighted by Gasteiger charge is -2.43. The van der Waals surface area contributed by atoms with Gasteiger partial charge in [0.1, 0.15) is 5.82 Å². The third kappa shape index (κ3) is 4.52. The van der Waals surface area contributed by atoms with Crippen LogP contribution in [-0.4, -0.2) is 41.1 Å². The number of carbonyl (C=O) groups is 1. The predicted octanol–water partition coefficient (Wildman–Crippen LogP) is 3.01. The van der Waals surface area contributed by atoms with Crippen molar-refractivity contribution in [1.29, 1.82) is 0 Å². The van der Waals surface area contributed by atoms with Gasteiger partial charge in [0.25, 0.3) is 0 Å².